The number of nitrogens with one attached hydrogen (secondary N) is 1. The topological polar surface area (TPSA) is 62.5 Å². The van der Waals surface area contributed by atoms with E-state index < -0.39 is 5.97 Å². The zero-order valence-electron chi connectivity index (χ0n) is 10.1. The number of aromatic carboxylic acids is 1. The van der Waals surface area contributed by atoms with Crippen LogP contribution in [0.2, 0.25) is 0 Å². The molecule has 0 aliphatic heterocycles. The van der Waals surface area contributed by atoms with Crippen LogP contribution in [0.15, 0.2) is 47.1 Å². The summed E-state index contributed by atoms with van der Waals surface area (Å²) in [5.41, 5.74) is 1.24. The molecule has 1 heterocycles. The van der Waals surface area contributed by atoms with E-state index in [0.29, 0.717) is 12.1 Å². The van der Waals surface area contributed by atoms with Gasteiger partial charge in [-0.1, -0.05) is 12.1 Å². The Morgan fingerprint density at radius 2 is 2.22 bits per heavy atom. The van der Waals surface area contributed by atoms with E-state index in [9.17, 15) is 4.79 Å². The van der Waals surface area contributed by atoms with Crippen LogP contribution in [0.5, 0.6) is 0 Å². The van der Waals surface area contributed by atoms with E-state index in [1.54, 1.807) is 24.5 Å². The van der Waals surface area contributed by atoms with Crippen molar-refractivity contribution in [2.75, 3.05) is 0 Å². The van der Waals surface area contributed by atoms with E-state index in [0.717, 1.165) is 11.3 Å². The fraction of sp³-hybridized carbons (Fsp3) is 0.214. The van der Waals surface area contributed by atoms with Gasteiger partial charge in [0.05, 0.1) is 17.9 Å². The van der Waals surface area contributed by atoms with Gasteiger partial charge < -0.3 is 14.8 Å². The Bertz CT molecular complexity index is 520. The van der Waals surface area contributed by atoms with Gasteiger partial charge in [0.25, 0.3) is 0 Å². The van der Waals surface area contributed by atoms with E-state index in [2.05, 4.69) is 5.32 Å². The van der Waals surface area contributed by atoms with Crippen LogP contribution < -0.4 is 5.32 Å². The standard InChI is InChI=1S/C14H15NO3/c1-10(13-6-3-7-18-13)15-9-11-4-2-5-12(8-11)14(16)17/h2-8,10,15H,9H2,1H3,(H,16,17). The van der Waals surface area contributed by atoms with Gasteiger partial charge in [0, 0.05) is 6.54 Å². The number of carbonyl (C=O) groups is 1. The Kier molecular flexibility index (Phi) is 3.79. The summed E-state index contributed by atoms with van der Waals surface area (Å²) in [6.07, 6.45) is 1.64. The predicted octanol–water partition coefficient (Wildman–Crippen LogP) is 2.83. The van der Waals surface area contributed by atoms with Crippen LogP contribution in [-0.2, 0) is 6.54 Å². The first-order valence-corrected chi connectivity index (χ1v) is 5.76. The van der Waals surface area contributed by atoms with Crippen molar-refractivity contribution in [3.05, 3.63) is 59.5 Å². The summed E-state index contributed by atoms with van der Waals surface area (Å²) in [5.74, 6) is -0.0414. The molecule has 4 heteroatoms. The molecule has 4 nitrogen and oxygen atoms in total. The molecule has 0 saturated carbocycles. The summed E-state index contributed by atoms with van der Waals surface area (Å²) in [7, 11) is 0. The molecule has 1 unspecified atom stereocenters. The monoisotopic (exact) mass is 245 g/mol. The van der Waals surface area contributed by atoms with Crippen molar-refractivity contribution in [1.29, 1.82) is 0 Å². The number of carboxylic acids is 1. The number of benzene rings is 1. The van der Waals surface area contributed by atoms with Gasteiger partial charge >= 0.3 is 5.97 Å². The first kappa shape index (κ1) is 12.4. The first-order chi connectivity index (χ1) is 8.66. The average molecular weight is 245 g/mol. The van der Waals surface area contributed by atoms with Gasteiger partial charge in [0.15, 0.2) is 0 Å². The van der Waals surface area contributed by atoms with Crippen molar-refractivity contribution in [3.8, 4) is 0 Å². The lowest BCUT2D eigenvalue weighted by Gasteiger charge is -2.11. The minimum atomic E-state index is -0.907. The predicted molar refractivity (Wildman–Crippen MR) is 67.4 cm³/mol. The Labute approximate surface area is 105 Å². The van der Waals surface area contributed by atoms with Gasteiger partial charge in [-0.2, -0.15) is 0 Å². The number of rotatable bonds is 5. The Morgan fingerprint density at radius 1 is 1.39 bits per heavy atom. The maximum absolute atomic E-state index is 10.8. The molecule has 1 atom stereocenters. The molecule has 0 amide bonds. The Balaban J connectivity index is 1.98. The van der Waals surface area contributed by atoms with Crippen molar-refractivity contribution < 1.29 is 14.3 Å². The molecular formula is C14H15NO3. The zero-order chi connectivity index (χ0) is 13.0. The third kappa shape index (κ3) is 2.99. The molecule has 0 fully saturated rings. The van der Waals surface area contributed by atoms with Crippen LogP contribution in [0.25, 0.3) is 0 Å². The van der Waals surface area contributed by atoms with Gasteiger partial charge in [-0.25, -0.2) is 4.79 Å². The van der Waals surface area contributed by atoms with Gasteiger partial charge in [0.1, 0.15) is 5.76 Å². The molecule has 0 saturated heterocycles. The Hall–Kier alpha value is -2.07. The molecule has 2 aromatic rings. The third-order valence-corrected chi connectivity index (χ3v) is 2.76. The van der Waals surface area contributed by atoms with Crippen molar-refractivity contribution >= 4 is 5.97 Å². The number of hydrogen-bond acceptors (Lipinski definition) is 3. The van der Waals surface area contributed by atoms with Crippen molar-refractivity contribution in [2.24, 2.45) is 0 Å². The molecule has 94 valence electrons. The lowest BCUT2D eigenvalue weighted by atomic mass is 10.1. The second kappa shape index (κ2) is 5.51. The van der Waals surface area contributed by atoms with E-state index in [-0.39, 0.29) is 6.04 Å². The maximum Gasteiger partial charge on any atom is 0.335 e. The number of hydrogen-bond donors (Lipinski definition) is 2. The van der Waals surface area contributed by atoms with Crippen molar-refractivity contribution in [2.45, 2.75) is 19.5 Å². The minimum Gasteiger partial charge on any atom is -0.478 e. The zero-order valence-corrected chi connectivity index (χ0v) is 10.1. The lowest BCUT2D eigenvalue weighted by molar-refractivity contribution is 0.0696. The summed E-state index contributed by atoms with van der Waals surface area (Å²) >= 11 is 0. The second-order valence-corrected chi connectivity index (χ2v) is 4.12. The van der Waals surface area contributed by atoms with Crippen LogP contribution >= 0.6 is 0 Å². The maximum atomic E-state index is 10.8. The average Bonchev–Trinajstić information content (AvgIpc) is 2.90. The molecule has 0 aliphatic carbocycles. The molecule has 2 N–H and O–H groups in total. The highest BCUT2D eigenvalue weighted by atomic mass is 16.4. The summed E-state index contributed by atoms with van der Waals surface area (Å²) in [6, 6.07) is 10.7. The van der Waals surface area contributed by atoms with Crippen LogP contribution in [0.1, 0.15) is 34.6 Å². The van der Waals surface area contributed by atoms with Gasteiger partial charge in [-0.05, 0) is 36.8 Å². The highest BCUT2D eigenvalue weighted by Gasteiger charge is 2.08. The normalized spacial score (nSPS) is 12.3. The molecule has 0 radical (unpaired) electrons. The van der Waals surface area contributed by atoms with Crippen LogP contribution in [0.3, 0.4) is 0 Å². The summed E-state index contributed by atoms with van der Waals surface area (Å²) in [4.78, 5) is 10.8. The number of carboxylic acid groups (broad SMARTS) is 1. The van der Waals surface area contributed by atoms with E-state index in [1.165, 1.54) is 0 Å². The quantitative estimate of drug-likeness (QED) is 0.850. The minimum absolute atomic E-state index is 0.0912. The summed E-state index contributed by atoms with van der Waals surface area (Å²) < 4.78 is 5.29. The molecule has 0 spiro atoms. The van der Waals surface area contributed by atoms with Crippen LogP contribution in [0.4, 0.5) is 0 Å². The largest absolute Gasteiger partial charge is 0.478 e. The van der Waals surface area contributed by atoms with E-state index >= 15 is 0 Å². The summed E-state index contributed by atoms with van der Waals surface area (Å²) in [5, 5.41) is 12.2. The van der Waals surface area contributed by atoms with E-state index in [4.69, 9.17) is 9.52 Å². The fourth-order valence-corrected chi connectivity index (χ4v) is 1.72. The molecule has 0 aliphatic rings. The fourth-order valence-electron chi connectivity index (χ4n) is 1.72. The third-order valence-electron chi connectivity index (χ3n) is 2.76. The SMILES string of the molecule is CC(NCc1cccc(C(=O)O)c1)c1ccco1. The smallest absolute Gasteiger partial charge is 0.335 e. The van der Waals surface area contributed by atoms with Crippen molar-refractivity contribution in [3.63, 3.8) is 0 Å². The highest BCUT2D eigenvalue weighted by Crippen LogP contribution is 2.13. The molecular weight excluding hydrogens is 230 g/mol. The molecule has 1 aromatic heterocycles. The van der Waals surface area contributed by atoms with Crippen LogP contribution in [0, 0.1) is 0 Å². The first-order valence-electron chi connectivity index (χ1n) is 5.76. The highest BCUT2D eigenvalue weighted by molar-refractivity contribution is 5.87. The second-order valence-electron chi connectivity index (χ2n) is 4.12. The van der Waals surface area contributed by atoms with Crippen LogP contribution in [-0.4, -0.2) is 11.1 Å². The van der Waals surface area contributed by atoms with Gasteiger partial charge in [-0.3, -0.25) is 0 Å². The van der Waals surface area contributed by atoms with Gasteiger partial charge in [-0.15, -0.1) is 0 Å². The molecule has 0 bridgehead atoms. The number of furan rings is 1. The van der Waals surface area contributed by atoms with E-state index in [1.807, 2.05) is 25.1 Å². The molecule has 18 heavy (non-hydrogen) atoms. The lowest BCUT2D eigenvalue weighted by Crippen LogP contribution is -2.17. The van der Waals surface area contributed by atoms with Crippen molar-refractivity contribution in [1.82, 2.24) is 5.32 Å². The Morgan fingerprint density at radius 3 is 2.89 bits per heavy atom. The van der Waals surface area contributed by atoms with Gasteiger partial charge in [0.2, 0.25) is 0 Å². The summed E-state index contributed by atoms with van der Waals surface area (Å²) in [6.45, 7) is 2.60. The molecule has 2 rings (SSSR count). The molecule has 1 aromatic carbocycles.